The van der Waals surface area contributed by atoms with Gasteiger partial charge in [-0.25, -0.2) is 4.98 Å². The lowest BCUT2D eigenvalue weighted by Gasteiger charge is -2.05. The van der Waals surface area contributed by atoms with E-state index >= 15 is 0 Å². The van der Waals surface area contributed by atoms with Gasteiger partial charge in [-0.05, 0) is 31.0 Å². The Morgan fingerprint density at radius 3 is 2.58 bits per heavy atom. The lowest BCUT2D eigenvalue weighted by molar-refractivity contribution is 0.102. The molecule has 1 aromatic heterocycles. The van der Waals surface area contributed by atoms with Gasteiger partial charge >= 0.3 is 0 Å². The predicted molar refractivity (Wildman–Crippen MR) is 73.4 cm³/mol. The van der Waals surface area contributed by atoms with Crippen LogP contribution in [0.4, 0.5) is 5.69 Å². The average Bonchev–Trinajstić information content (AvgIpc) is 2.39. The second kappa shape index (κ2) is 5.48. The van der Waals surface area contributed by atoms with Crippen molar-refractivity contribution in [1.29, 1.82) is 0 Å². The van der Waals surface area contributed by atoms with Gasteiger partial charge in [0.15, 0.2) is 0 Å². The Kier molecular flexibility index (Phi) is 3.75. The molecule has 0 fully saturated rings. The highest BCUT2D eigenvalue weighted by atomic mass is 16.2. The molecule has 0 aliphatic heterocycles. The van der Waals surface area contributed by atoms with Crippen LogP contribution in [0.1, 0.15) is 28.7 Å². The fraction of sp³-hybridized carbons (Fsp3) is 0.214. The van der Waals surface area contributed by atoms with Crippen LogP contribution in [-0.4, -0.2) is 15.9 Å². The Bertz CT molecular complexity index is 644. The van der Waals surface area contributed by atoms with E-state index < -0.39 is 11.5 Å². The van der Waals surface area contributed by atoms with Gasteiger partial charge in [0, 0.05) is 11.9 Å². The third kappa shape index (κ3) is 3.07. The van der Waals surface area contributed by atoms with Crippen LogP contribution in [0, 0.1) is 6.92 Å². The summed E-state index contributed by atoms with van der Waals surface area (Å²) < 4.78 is 0. The second-order valence-corrected chi connectivity index (χ2v) is 4.22. The first-order chi connectivity index (χ1) is 9.10. The topological polar surface area (TPSA) is 74.8 Å². The molecule has 5 heteroatoms. The van der Waals surface area contributed by atoms with Gasteiger partial charge in [-0.2, -0.15) is 0 Å². The molecule has 0 spiro atoms. The second-order valence-electron chi connectivity index (χ2n) is 4.22. The molecular formula is C14H15N3O2. The van der Waals surface area contributed by atoms with Gasteiger partial charge in [-0.1, -0.05) is 19.1 Å². The third-order valence-corrected chi connectivity index (χ3v) is 2.79. The summed E-state index contributed by atoms with van der Waals surface area (Å²) in [6.45, 7) is 3.72. The quantitative estimate of drug-likeness (QED) is 0.881. The lowest BCUT2D eigenvalue weighted by atomic mass is 10.1. The van der Waals surface area contributed by atoms with Crippen molar-refractivity contribution in [2.75, 3.05) is 5.32 Å². The van der Waals surface area contributed by atoms with Crippen molar-refractivity contribution in [2.24, 2.45) is 0 Å². The van der Waals surface area contributed by atoms with Gasteiger partial charge in [0.05, 0.1) is 0 Å². The number of aromatic amines is 1. The van der Waals surface area contributed by atoms with Crippen LogP contribution >= 0.6 is 0 Å². The molecule has 2 N–H and O–H groups in total. The number of aryl methyl sites for hydroxylation is 2. The van der Waals surface area contributed by atoms with Crippen molar-refractivity contribution in [3.63, 3.8) is 0 Å². The number of carbonyl (C=O) groups excluding carboxylic acids is 1. The zero-order valence-electron chi connectivity index (χ0n) is 10.9. The minimum absolute atomic E-state index is 0.00479. The minimum atomic E-state index is -0.460. The molecular weight excluding hydrogens is 242 g/mol. The van der Waals surface area contributed by atoms with Crippen LogP contribution in [0.25, 0.3) is 0 Å². The van der Waals surface area contributed by atoms with Crippen molar-refractivity contribution in [3.8, 4) is 0 Å². The van der Waals surface area contributed by atoms with Crippen molar-refractivity contribution < 1.29 is 4.79 Å². The number of H-pyrrole nitrogens is 1. The summed E-state index contributed by atoms with van der Waals surface area (Å²) in [6.07, 6.45) is 2.22. The predicted octanol–water partition coefficient (Wildman–Crippen LogP) is 1.89. The smallest absolute Gasteiger partial charge is 0.263 e. The summed E-state index contributed by atoms with van der Waals surface area (Å²) in [5.41, 5.74) is 1.41. The molecule has 0 bridgehead atoms. The van der Waals surface area contributed by atoms with Crippen molar-refractivity contribution in [1.82, 2.24) is 9.97 Å². The Morgan fingerprint density at radius 2 is 2.00 bits per heavy atom. The molecule has 0 unspecified atom stereocenters. The van der Waals surface area contributed by atoms with Gasteiger partial charge < -0.3 is 10.3 Å². The molecule has 2 aromatic rings. The van der Waals surface area contributed by atoms with E-state index in [1.54, 1.807) is 6.92 Å². The van der Waals surface area contributed by atoms with Gasteiger partial charge in [0.1, 0.15) is 11.4 Å². The summed E-state index contributed by atoms with van der Waals surface area (Å²) in [4.78, 5) is 30.0. The van der Waals surface area contributed by atoms with Gasteiger partial charge in [-0.15, -0.1) is 0 Å². The minimum Gasteiger partial charge on any atom is -0.322 e. The average molecular weight is 257 g/mol. The zero-order chi connectivity index (χ0) is 13.8. The molecule has 19 heavy (non-hydrogen) atoms. The Hall–Kier alpha value is -2.43. The number of amides is 1. The van der Waals surface area contributed by atoms with Gasteiger partial charge in [0.25, 0.3) is 11.5 Å². The maximum absolute atomic E-state index is 11.9. The van der Waals surface area contributed by atoms with Gasteiger partial charge in [0.2, 0.25) is 0 Å². The Balaban J connectivity index is 2.18. The molecule has 0 aliphatic carbocycles. The molecule has 5 nitrogen and oxygen atoms in total. The van der Waals surface area contributed by atoms with E-state index in [0.29, 0.717) is 11.5 Å². The highest BCUT2D eigenvalue weighted by Crippen LogP contribution is 2.10. The summed E-state index contributed by atoms with van der Waals surface area (Å²) in [5.74, 6) is 0.0202. The highest BCUT2D eigenvalue weighted by Gasteiger charge is 2.11. The third-order valence-electron chi connectivity index (χ3n) is 2.79. The number of nitrogens with zero attached hydrogens (tertiary/aromatic N) is 1. The molecule has 0 saturated heterocycles. The van der Waals surface area contributed by atoms with Crippen molar-refractivity contribution in [3.05, 3.63) is 57.8 Å². The molecule has 0 radical (unpaired) electrons. The number of rotatable bonds is 3. The van der Waals surface area contributed by atoms with E-state index in [4.69, 9.17) is 0 Å². The summed E-state index contributed by atoms with van der Waals surface area (Å²) in [5, 5.41) is 2.67. The summed E-state index contributed by atoms with van der Waals surface area (Å²) in [6, 6.07) is 7.50. The van der Waals surface area contributed by atoms with E-state index in [0.717, 1.165) is 6.42 Å². The number of hydrogen-bond acceptors (Lipinski definition) is 3. The lowest BCUT2D eigenvalue weighted by Crippen LogP contribution is -2.24. The van der Waals surface area contributed by atoms with Crippen LogP contribution in [0.15, 0.2) is 35.3 Å². The van der Waals surface area contributed by atoms with E-state index in [9.17, 15) is 9.59 Å². The zero-order valence-corrected chi connectivity index (χ0v) is 10.9. The number of aromatic nitrogens is 2. The normalized spacial score (nSPS) is 10.2. The molecule has 1 aromatic carbocycles. The fourth-order valence-electron chi connectivity index (χ4n) is 1.67. The molecule has 1 amide bonds. The SMILES string of the molecule is CCc1ccc(NC(=O)c2cnc(C)[nH]c2=O)cc1. The monoisotopic (exact) mass is 257 g/mol. The van der Waals surface area contributed by atoms with Crippen LogP contribution in [0.5, 0.6) is 0 Å². The summed E-state index contributed by atoms with van der Waals surface area (Å²) >= 11 is 0. The standard InChI is InChI=1S/C14H15N3O2/c1-3-10-4-6-11(7-5-10)17-14(19)12-8-15-9(2)16-13(12)18/h4-8H,3H2,1-2H3,(H,17,19)(H,15,16,18). The number of carbonyl (C=O) groups is 1. The molecule has 0 aliphatic rings. The van der Waals surface area contributed by atoms with Crippen LogP contribution in [0.2, 0.25) is 0 Å². The number of hydrogen-bond donors (Lipinski definition) is 2. The first-order valence-electron chi connectivity index (χ1n) is 6.06. The first kappa shape index (κ1) is 13.0. The maximum Gasteiger partial charge on any atom is 0.263 e. The van der Waals surface area contributed by atoms with E-state index in [1.165, 1.54) is 11.8 Å². The van der Waals surface area contributed by atoms with Crippen molar-refractivity contribution in [2.45, 2.75) is 20.3 Å². The number of benzene rings is 1. The van der Waals surface area contributed by atoms with E-state index in [1.807, 2.05) is 24.3 Å². The van der Waals surface area contributed by atoms with E-state index in [-0.39, 0.29) is 5.56 Å². The molecule has 2 rings (SSSR count). The number of anilines is 1. The fourth-order valence-corrected chi connectivity index (χ4v) is 1.67. The first-order valence-corrected chi connectivity index (χ1v) is 6.06. The summed E-state index contributed by atoms with van der Waals surface area (Å²) in [7, 11) is 0. The van der Waals surface area contributed by atoms with Crippen LogP contribution < -0.4 is 10.9 Å². The largest absolute Gasteiger partial charge is 0.322 e. The number of nitrogens with one attached hydrogen (secondary N) is 2. The maximum atomic E-state index is 11.9. The van der Waals surface area contributed by atoms with E-state index in [2.05, 4.69) is 22.2 Å². The highest BCUT2D eigenvalue weighted by molar-refractivity contribution is 6.03. The molecule has 98 valence electrons. The van der Waals surface area contributed by atoms with Crippen molar-refractivity contribution >= 4 is 11.6 Å². The van der Waals surface area contributed by atoms with Crippen LogP contribution in [0.3, 0.4) is 0 Å². The molecule has 0 atom stereocenters. The van der Waals surface area contributed by atoms with Gasteiger partial charge in [-0.3, -0.25) is 9.59 Å². The van der Waals surface area contributed by atoms with Crippen LogP contribution in [-0.2, 0) is 6.42 Å². The molecule has 1 heterocycles. The Morgan fingerprint density at radius 1 is 1.32 bits per heavy atom. The molecule has 0 saturated carbocycles. The Labute approximate surface area is 110 Å².